The maximum absolute atomic E-state index is 12.9. The van der Waals surface area contributed by atoms with E-state index in [4.69, 9.17) is 0 Å². The predicted molar refractivity (Wildman–Crippen MR) is 137 cm³/mol. The number of hydrogen-bond donors (Lipinski definition) is 5. The van der Waals surface area contributed by atoms with E-state index in [1.807, 2.05) is 19.0 Å². The lowest BCUT2D eigenvalue weighted by Gasteiger charge is -2.10. The van der Waals surface area contributed by atoms with Crippen LogP contribution < -0.4 is 21.3 Å². The number of nitrogens with zero attached hydrogens (tertiary/aromatic N) is 3. The number of aryl methyl sites for hydroxylation is 2. The first-order chi connectivity index (χ1) is 17.0. The van der Waals surface area contributed by atoms with Crippen LogP contribution in [0.5, 0.6) is 0 Å². The topological polar surface area (TPSA) is 145 Å². The quantitative estimate of drug-likeness (QED) is 0.272. The molecule has 3 rings (SSSR count). The zero-order valence-electron chi connectivity index (χ0n) is 21.1. The van der Waals surface area contributed by atoms with Gasteiger partial charge < -0.3 is 40.3 Å². The summed E-state index contributed by atoms with van der Waals surface area (Å²) in [7, 11) is 7.37. The van der Waals surface area contributed by atoms with Crippen LogP contribution in [-0.2, 0) is 18.9 Å². The summed E-state index contributed by atoms with van der Waals surface area (Å²) in [5.74, 6) is -1.28. The van der Waals surface area contributed by atoms with Crippen LogP contribution in [0.25, 0.3) is 0 Å². The second kappa shape index (κ2) is 11.4. The normalized spacial score (nSPS) is 10.8. The molecule has 0 atom stereocenters. The number of anilines is 3. The van der Waals surface area contributed by atoms with Gasteiger partial charge in [0.1, 0.15) is 17.1 Å². The summed E-state index contributed by atoms with van der Waals surface area (Å²) in [6, 6.07) is 4.67. The van der Waals surface area contributed by atoms with Gasteiger partial charge in [0.05, 0.1) is 17.1 Å². The fourth-order valence-electron chi connectivity index (χ4n) is 3.60. The Balaban J connectivity index is 1.61. The summed E-state index contributed by atoms with van der Waals surface area (Å²) < 4.78 is 3.24. The van der Waals surface area contributed by atoms with E-state index in [2.05, 4.69) is 26.3 Å². The molecule has 5 N–H and O–H groups in total. The first-order valence-corrected chi connectivity index (χ1v) is 11.4. The average molecular weight is 497 g/mol. The van der Waals surface area contributed by atoms with Crippen LogP contribution in [0.2, 0.25) is 0 Å². The molecule has 3 aromatic rings. The Morgan fingerprint density at radius 1 is 0.833 bits per heavy atom. The van der Waals surface area contributed by atoms with E-state index in [1.165, 1.54) is 19.2 Å². The Kier molecular flexibility index (Phi) is 8.33. The highest BCUT2D eigenvalue weighted by molar-refractivity contribution is 6.07. The standard InChI is InChI=1S/C24H32N8O4/c1-15(33)27-16-9-19(26-12-16)22(34)28-17-11-21(32(5)13-17)24(36)29-18-10-20(31(4)14-18)23(35)25-7-6-8-30(2)3/h9-14,26H,6-8H2,1-5H3,(H,25,35)(H,27,33)(H,28,34)(H,29,36). The first kappa shape index (κ1) is 26.3. The Labute approximate surface area is 209 Å². The van der Waals surface area contributed by atoms with E-state index < -0.39 is 11.8 Å². The van der Waals surface area contributed by atoms with Crippen LogP contribution in [0.15, 0.2) is 36.8 Å². The van der Waals surface area contributed by atoms with Crippen molar-refractivity contribution in [3.63, 3.8) is 0 Å². The van der Waals surface area contributed by atoms with Gasteiger partial charge in [-0.25, -0.2) is 0 Å². The third-order valence-electron chi connectivity index (χ3n) is 5.31. The van der Waals surface area contributed by atoms with E-state index in [-0.39, 0.29) is 17.5 Å². The van der Waals surface area contributed by atoms with Crippen molar-refractivity contribution < 1.29 is 19.2 Å². The molecule has 36 heavy (non-hydrogen) atoms. The van der Waals surface area contributed by atoms with Crippen molar-refractivity contribution in [1.29, 1.82) is 0 Å². The molecule has 0 fully saturated rings. The minimum absolute atomic E-state index is 0.216. The summed E-state index contributed by atoms with van der Waals surface area (Å²) in [6.07, 6.45) is 5.62. The number of nitrogens with one attached hydrogen (secondary N) is 5. The van der Waals surface area contributed by atoms with E-state index >= 15 is 0 Å². The van der Waals surface area contributed by atoms with Crippen LogP contribution in [0.4, 0.5) is 17.1 Å². The lowest BCUT2D eigenvalue weighted by molar-refractivity contribution is -0.114. The lowest BCUT2D eigenvalue weighted by atomic mass is 10.3. The number of hydrogen-bond acceptors (Lipinski definition) is 5. The summed E-state index contributed by atoms with van der Waals surface area (Å²) in [6.45, 7) is 2.80. The Morgan fingerprint density at radius 2 is 1.42 bits per heavy atom. The minimum atomic E-state index is -0.423. The molecule has 12 nitrogen and oxygen atoms in total. The number of aromatic amines is 1. The Hall–Kier alpha value is -4.32. The fraction of sp³-hybridized carbons (Fsp3) is 0.333. The number of H-pyrrole nitrogens is 1. The molecule has 0 bridgehead atoms. The van der Waals surface area contributed by atoms with Gasteiger partial charge in [0.2, 0.25) is 5.91 Å². The Morgan fingerprint density at radius 3 is 2.00 bits per heavy atom. The van der Waals surface area contributed by atoms with Gasteiger partial charge in [-0.1, -0.05) is 0 Å². The average Bonchev–Trinajstić information content (AvgIpc) is 3.49. The molecule has 12 heteroatoms. The van der Waals surface area contributed by atoms with Crippen molar-refractivity contribution in [3.8, 4) is 0 Å². The fourth-order valence-corrected chi connectivity index (χ4v) is 3.60. The zero-order valence-corrected chi connectivity index (χ0v) is 21.1. The highest BCUT2D eigenvalue weighted by atomic mass is 16.2. The number of aromatic nitrogens is 3. The first-order valence-electron chi connectivity index (χ1n) is 11.4. The van der Waals surface area contributed by atoms with Crippen molar-refractivity contribution in [2.75, 3.05) is 43.1 Å². The zero-order chi connectivity index (χ0) is 26.4. The molecular formula is C24H32N8O4. The third kappa shape index (κ3) is 6.85. The predicted octanol–water partition coefficient (Wildman–Crippen LogP) is 1.84. The number of carbonyl (C=O) groups is 4. The minimum Gasteiger partial charge on any atom is -0.355 e. The molecule has 0 unspecified atom stereocenters. The van der Waals surface area contributed by atoms with E-state index in [1.54, 1.807) is 47.8 Å². The Bertz CT molecular complexity index is 1270. The van der Waals surface area contributed by atoms with Crippen molar-refractivity contribution in [3.05, 3.63) is 53.9 Å². The molecule has 0 saturated carbocycles. The molecule has 0 aromatic carbocycles. The molecule has 192 valence electrons. The molecule has 0 aliphatic heterocycles. The third-order valence-corrected chi connectivity index (χ3v) is 5.31. The van der Waals surface area contributed by atoms with E-state index in [9.17, 15) is 19.2 Å². The molecule has 0 saturated heterocycles. The highest BCUT2D eigenvalue weighted by Crippen LogP contribution is 2.19. The smallest absolute Gasteiger partial charge is 0.272 e. The maximum atomic E-state index is 12.9. The van der Waals surface area contributed by atoms with E-state index in [0.717, 1.165) is 13.0 Å². The van der Waals surface area contributed by atoms with Gasteiger partial charge in [0.15, 0.2) is 0 Å². The summed E-state index contributed by atoms with van der Waals surface area (Å²) in [5, 5.41) is 11.0. The summed E-state index contributed by atoms with van der Waals surface area (Å²) >= 11 is 0. The summed E-state index contributed by atoms with van der Waals surface area (Å²) in [4.78, 5) is 53.9. The van der Waals surface area contributed by atoms with Crippen molar-refractivity contribution in [1.82, 2.24) is 24.3 Å². The van der Waals surface area contributed by atoms with Crippen LogP contribution in [0.3, 0.4) is 0 Å². The van der Waals surface area contributed by atoms with Crippen molar-refractivity contribution in [2.24, 2.45) is 14.1 Å². The molecule has 0 radical (unpaired) electrons. The molecule has 0 aliphatic rings. The van der Waals surface area contributed by atoms with Gasteiger partial charge in [0.25, 0.3) is 17.7 Å². The highest BCUT2D eigenvalue weighted by Gasteiger charge is 2.17. The van der Waals surface area contributed by atoms with Crippen molar-refractivity contribution in [2.45, 2.75) is 13.3 Å². The van der Waals surface area contributed by atoms with Crippen LogP contribution in [0.1, 0.15) is 44.8 Å². The second-order valence-electron chi connectivity index (χ2n) is 8.75. The van der Waals surface area contributed by atoms with E-state index in [0.29, 0.717) is 35.0 Å². The van der Waals surface area contributed by atoms with Gasteiger partial charge in [0, 0.05) is 46.2 Å². The molecule has 3 aromatic heterocycles. The van der Waals surface area contributed by atoms with Gasteiger partial charge in [-0.2, -0.15) is 0 Å². The van der Waals surface area contributed by atoms with Gasteiger partial charge >= 0.3 is 0 Å². The van der Waals surface area contributed by atoms with Gasteiger partial charge in [-0.15, -0.1) is 0 Å². The molecular weight excluding hydrogens is 464 g/mol. The molecule has 3 heterocycles. The SMILES string of the molecule is CC(=O)Nc1c[nH]c(C(=O)Nc2cc(C(=O)Nc3cc(C(=O)NCCCN(C)C)n(C)c3)n(C)c2)c1. The largest absolute Gasteiger partial charge is 0.355 e. The van der Waals surface area contributed by atoms with Gasteiger partial charge in [-0.3, -0.25) is 19.2 Å². The van der Waals surface area contributed by atoms with Crippen LogP contribution >= 0.6 is 0 Å². The monoisotopic (exact) mass is 496 g/mol. The second-order valence-corrected chi connectivity index (χ2v) is 8.75. The maximum Gasteiger partial charge on any atom is 0.272 e. The van der Waals surface area contributed by atoms with Crippen LogP contribution in [-0.4, -0.2) is 69.8 Å². The molecule has 0 spiro atoms. The van der Waals surface area contributed by atoms with Crippen molar-refractivity contribution >= 4 is 40.7 Å². The van der Waals surface area contributed by atoms with Crippen LogP contribution in [0, 0.1) is 0 Å². The lowest BCUT2D eigenvalue weighted by Crippen LogP contribution is -2.28. The number of rotatable bonds is 10. The molecule has 4 amide bonds. The number of carbonyl (C=O) groups excluding carboxylic acids is 4. The number of amides is 4. The summed E-state index contributed by atoms with van der Waals surface area (Å²) in [5.41, 5.74) is 2.38. The molecule has 0 aliphatic carbocycles. The van der Waals surface area contributed by atoms with Gasteiger partial charge in [-0.05, 0) is 45.3 Å².